The third-order valence-corrected chi connectivity index (χ3v) is 12.9. The standard InChI is InChI=1S/C52H85N15O12/c1-3-44(69)57-22-23-60-52(79)63-51(54)59-19-6-9-43(50(78)61-32-38-10-16-41(68)17-11-38)62-48(76)37(2)39-12-14-40(15-13-39)56-20-7-21-58-49(77)42(53)8-4-5-18-55-36-67-30-28-65(34-46(72)73)26-24-64(33-45(70)71)25-27-66(29-31-67)35-47(74)75/h10-17,37,42-43,55-56,68H,3-9,18-36,53H2,1-2H3,(H,57,69)(H,58,77)(H,61,78)(H,62,76)(H,70,71)(H,72,73)(H,74,75)(H4,54,59,60,63,79)/t37?,42-,43-/m1/s1. The Morgan fingerprint density at radius 3 is 1.72 bits per heavy atom. The number of amides is 6. The van der Waals surface area contributed by atoms with Crippen LogP contribution < -0.4 is 54.0 Å². The third-order valence-electron chi connectivity index (χ3n) is 12.9. The lowest BCUT2D eigenvalue weighted by atomic mass is 9.99. The summed E-state index contributed by atoms with van der Waals surface area (Å²) < 4.78 is 0. The van der Waals surface area contributed by atoms with E-state index in [4.69, 9.17) is 11.5 Å². The van der Waals surface area contributed by atoms with E-state index >= 15 is 0 Å². The van der Waals surface area contributed by atoms with E-state index in [0.29, 0.717) is 111 Å². The first-order valence-electron chi connectivity index (χ1n) is 26.9. The van der Waals surface area contributed by atoms with Gasteiger partial charge in [-0.25, -0.2) is 4.79 Å². The summed E-state index contributed by atoms with van der Waals surface area (Å²) in [4.78, 5) is 109. The summed E-state index contributed by atoms with van der Waals surface area (Å²) in [6, 6.07) is 11.4. The quantitative estimate of drug-likeness (QED) is 0.0223. The Balaban J connectivity index is 1.39. The van der Waals surface area contributed by atoms with Crippen molar-refractivity contribution in [1.29, 1.82) is 0 Å². The highest BCUT2D eigenvalue weighted by Crippen LogP contribution is 2.19. The van der Waals surface area contributed by atoms with E-state index in [2.05, 4.69) is 52.4 Å². The van der Waals surface area contributed by atoms with Crippen molar-refractivity contribution in [2.45, 2.75) is 83.3 Å². The lowest BCUT2D eigenvalue weighted by molar-refractivity contribution is -0.140. The molecule has 3 atom stereocenters. The zero-order chi connectivity index (χ0) is 58.0. The first-order chi connectivity index (χ1) is 37.8. The topological polar surface area (TPSA) is 391 Å². The molecule has 1 aliphatic rings. The van der Waals surface area contributed by atoms with Crippen molar-refractivity contribution in [1.82, 2.24) is 56.8 Å². The number of anilines is 1. The number of rotatable bonds is 33. The molecule has 79 heavy (non-hydrogen) atoms. The molecular weight excluding hydrogens is 1030 g/mol. The summed E-state index contributed by atoms with van der Waals surface area (Å²) in [7, 11) is 0. The van der Waals surface area contributed by atoms with Crippen molar-refractivity contribution in [2.24, 2.45) is 16.5 Å². The van der Waals surface area contributed by atoms with Gasteiger partial charge in [-0.15, -0.1) is 0 Å². The van der Waals surface area contributed by atoms with E-state index in [1.807, 2.05) is 24.3 Å². The summed E-state index contributed by atoms with van der Waals surface area (Å²) in [5.41, 5.74) is 14.4. The second-order valence-corrected chi connectivity index (χ2v) is 19.3. The number of phenolic OH excluding ortho intramolecular Hbond substituents is 1. The van der Waals surface area contributed by atoms with Gasteiger partial charge in [0.1, 0.15) is 11.8 Å². The van der Waals surface area contributed by atoms with Crippen LogP contribution in [0.25, 0.3) is 0 Å². The number of nitrogens with two attached hydrogens (primary N) is 2. The number of aliphatic carboxylic acids is 3. The Kier molecular flexibility index (Phi) is 31.5. The molecule has 1 aliphatic heterocycles. The van der Waals surface area contributed by atoms with Crippen LogP contribution in [-0.4, -0.2) is 224 Å². The van der Waals surface area contributed by atoms with Gasteiger partial charge in [-0.05, 0) is 81.0 Å². The molecule has 1 fully saturated rings. The molecule has 2 aromatic carbocycles. The van der Waals surface area contributed by atoms with Crippen LogP contribution in [-0.2, 0) is 40.1 Å². The second kappa shape index (κ2) is 37.6. The number of guanidine groups is 1. The normalized spacial score (nSPS) is 15.5. The molecule has 0 aliphatic carbocycles. The number of nitrogens with one attached hydrogen (secondary N) is 8. The first kappa shape index (κ1) is 66.1. The van der Waals surface area contributed by atoms with Crippen LogP contribution in [0.5, 0.6) is 5.75 Å². The maximum Gasteiger partial charge on any atom is 0.344 e. The number of nitrogens with zero attached hydrogens (tertiary/aromatic N) is 5. The number of aliphatic imine (C=N–C) groups is 1. The highest BCUT2D eigenvalue weighted by atomic mass is 16.4. The fraction of sp³-hybridized carbons (Fsp3) is 0.596. The molecule has 0 saturated carbocycles. The van der Waals surface area contributed by atoms with Gasteiger partial charge in [-0.2, -0.15) is 4.99 Å². The van der Waals surface area contributed by atoms with Crippen LogP contribution in [0, 0.1) is 0 Å². The fourth-order valence-corrected chi connectivity index (χ4v) is 8.17. The second-order valence-electron chi connectivity index (χ2n) is 19.3. The molecule has 1 heterocycles. The van der Waals surface area contributed by atoms with Gasteiger partial charge in [-0.3, -0.25) is 53.2 Å². The summed E-state index contributed by atoms with van der Waals surface area (Å²) in [6.07, 6.45) is 3.47. The van der Waals surface area contributed by atoms with E-state index in [1.54, 1.807) is 40.7 Å². The van der Waals surface area contributed by atoms with E-state index < -0.39 is 47.8 Å². The Labute approximate surface area is 462 Å². The number of carbonyl (C=O) groups is 8. The smallest absolute Gasteiger partial charge is 0.344 e. The summed E-state index contributed by atoms with van der Waals surface area (Å²) in [5.74, 6) is -4.81. The number of hydrogen-bond acceptors (Lipinski definition) is 16. The van der Waals surface area contributed by atoms with Gasteiger partial charge in [0.25, 0.3) is 0 Å². The number of carbonyl (C=O) groups excluding carboxylic acids is 5. The minimum atomic E-state index is -1.01. The molecule has 1 saturated heterocycles. The fourth-order valence-electron chi connectivity index (χ4n) is 8.17. The molecule has 0 spiro atoms. The Morgan fingerprint density at radius 1 is 0.595 bits per heavy atom. The van der Waals surface area contributed by atoms with Crippen molar-refractivity contribution in [3.05, 3.63) is 59.7 Å². The molecule has 27 heteroatoms. The zero-order valence-electron chi connectivity index (χ0n) is 45.7. The van der Waals surface area contributed by atoms with Gasteiger partial charge in [0.2, 0.25) is 23.6 Å². The minimum Gasteiger partial charge on any atom is -0.508 e. The van der Waals surface area contributed by atoms with Gasteiger partial charge in [0.15, 0.2) is 5.96 Å². The molecule has 0 aromatic heterocycles. The Morgan fingerprint density at radius 2 is 1.15 bits per heavy atom. The number of carboxylic acids is 3. The predicted molar refractivity (Wildman–Crippen MR) is 297 cm³/mol. The Hall–Kier alpha value is -7.17. The lowest BCUT2D eigenvalue weighted by Crippen LogP contribution is -2.49. The highest BCUT2D eigenvalue weighted by molar-refractivity contribution is 5.92. The van der Waals surface area contributed by atoms with Crippen molar-refractivity contribution in [3.8, 4) is 5.75 Å². The Bertz CT molecular complexity index is 2210. The van der Waals surface area contributed by atoms with Crippen molar-refractivity contribution in [2.75, 3.05) is 123 Å². The molecular formula is C52H85N15O12. The van der Waals surface area contributed by atoms with Gasteiger partial charge in [0, 0.05) is 110 Å². The third kappa shape index (κ3) is 29.4. The molecule has 3 rings (SSSR count). The number of unbranched alkanes of at least 4 members (excludes halogenated alkanes) is 1. The SMILES string of the molecule is CCC(=O)NCCNC(=O)/N=C(/N)NCCC[C@@H](NC(=O)C(C)c1ccc(NCCCNC(=O)[C@H](N)CCCCNCN2CCN(CC(=O)O)CCN(CC(=O)O)CCN(CC(=O)O)CC2)cc1)C(=O)NCc1ccc(O)cc1. The number of benzene rings is 2. The zero-order valence-corrected chi connectivity index (χ0v) is 45.7. The number of carboxylic acid groups (broad SMARTS) is 3. The largest absolute Gasteiger partial charge is 0.508 e. The van der Waals surface area contributed by atoms with Crippen molar-refractivity contribution in [3.63, 3.8) is 0 Å². The van der Waals surface area contributed by atoms with Crippen LogP contribution in [0.1, 0.15) is 75.8 Å². The van der Waals surface area contributed by atoms with Crippen molar-refractivity contribution >= 4 is 59.2 Å². The summed E-state index contributed by atoms with van der Waals surface area (Å²) in [5, 5.41) is 61.3. The van der Waals surface area contributed by atoms with Crippen LogP contribution in [0.4, 0.5) is 10.5 Å². The lowest BCUT2D eigenvalue weighted by Gasteiger charge is -2.33. The number of aromatic hydroxyl groups is 1. The first-order valence-corrected chi connectivity index (χ1v) is 26.9. The number of hydrogen-bond donors (Lipinski definition) is 14. The van der Waals surface area contributed by atoms with Crippen LogP contribution >= 0.6 is 0 Å². The van der Waals surface area contributed by atoms with Gasteiger partial charge >= 0.3 is 23.9 Å². The maximum absolute atomic E-state index is 13.6. The highest BCUT2D eigenvalue weighted by Gasteiger charge is 2.25. The molecule has 27 nitrogen and oxygen atoms in total. The van der Waals surface area contributed by atoms with Gasteiger partial charge in [0.05, 0.1) is 31.6 Å². The monoisotopic (exact) mass is 1110 g/mol. The average molecular weight is 1110 g/mol. The van der Waals surface area contributed by atoms with Crippen molar-refractivity contribution < 1.29 is 58.8 Å². The minimum absolute atomic E-state index is 0.0892. The van der Waals surface area contributed by atoms with E-state index in [-0.39, 0.29) is 81.7 Å². The molecule has 6 amide bonds. The van der Waals surface area contributed by atoms with Gasteiger partial charge < -0.3 is 74.4 Å². The van der Waals surface area contributed by atoms with E-state index in [0.717, 1.165) is 23.2 Å². The molecule has 1 unspecified atom stereocenters. The molecule has 0 bridgehead atoms. The number of urea groups is 1. The number of phenols is 1. The summed E-state index contributed by atoms with van der Waals surface area (Å²) >= 11 is 0. The van der Waals surface area contributed by atoms with Crippen LogP contribution in [0.2, 0.25) is 0 Å². The van der Waals surface area contributed by atoms with E-state index in [9.17, 15) is 58.8 Å². The average Bonchev–Trinajstić information content (AvgIpc) is 3.40. The molecule has 16 N–H and O–H groups in total. The molecule has 2 aromatic rings. The molecule has 0 radical (unpaired) electrons. The van der Waals surface area contributed by atoms with Gasteiger partial charge in [-0.1, -0.05) is 37.6 Å². The summed E-state index contributed by atoms with van der Waals surface area (Å²) in [6.45, 7) is 8.96. The van der Waals surface area contributed by atoms with E-state index in [1.165, 1.54) is 12.1 Å². The van der Waals surface area contributed by atoms with Crippen LogP contribution in [0.15, 0.2) is 53.5 Å². The molecule has 440 valence electrons. The maximum atomic E-state index is 13.6. The van der Waals surface area contributed by atoms with Crippen LogP contribution in [0.3, 0.4) is 0 Å². The predicted octanol–water partition coefficient (Wildman–Crippen LogP) is -1.34.